The lowest BCUT2D eigenvalue weighted by atomic mass is 10.1. The fourth-order valence-electron chi connectivity index (χ4n) is 3.11. The number of carbonyl (C=O) groups excluding carboxylic acids is 1. The van der Waals surface area contributed by atoms with E-state index in [1.807, 2.05) is 18.5 Å². The van der Waals surface area contributed by atoms with Crippen molar-refractivity contribution in [1.82, 2.24) is 15.1 Å². The molecule has 1 unspecified atom stereocenters. The first kappa shape index (κ1) is 21.6. The molecule has 0 aliphatic carbocycles. The van der Waals surface area contributed by atoms with Crippen LogP contribution in [0.3, 0.4) is 0 Å². The Morgan fingerprint density at radius 3 is 2.50 bits per heavy atom. The van der Waals surface area contributed by atoms with Crippen LogP contribution in [-0.4, -0.2) is 46.5 Å². The Labute approximate surface area is 165 Å². The second kappa shape index (κ2) is 10.0. The summed E-state index contributed by atoms with van der Waals surface area (Å²) in [4.78, 5) is 23.4. The molecule has 2 rings (SSSR count). The second-order valence-electron chi connectivity index (χ2n) is 7.03. The van der Waals surface area contributed by atoms with Crippen LogP contribution >= 0.6 is 0 Å². The van der Waals surface area contributed by atoms with E-state index in [2.05, 4.69) is 41.6 Å². The van der Waals surface area contributed by atoms with Crippen molar-refractivity contribution in [3.8, 4) is 0 Å². The predicted molar refractivity (Wildman–Crippen MR) is 106 cm³/mol. The number of aliphatic carboxylic acids is 1. The third-order valence-electron chi connectivity index (χ3n) is 4.83. The molecule has 1 atom stereocenters. The van der Waals surface area contributed by atoms with Gasteiger partial charge in [0.2, 0.25) is 5.91 Å². The summed E-state index contributed by atoms with van der Waals surface area (Å²) in [5.41, 5.74) is 5.34. The van der Waals surface area contributed by atoms with Crippen LogP contribution in [0.4, 0.5) is 0 Å². The number of carbonyl (C=O) groups is 2. The largest absolute Gasteiger partial charge is 0.480 e. The maximum atomic E-state index is 12.2. The van der Waals surface area contributed by atoms with E-state index in [0.717, 1.165) is 17.0 Å². The minimum atomic E-state index is -1.05. The van der Waals surface area contributed by atoms with E-state index in [0.29, 0.717) is 13.0 Å². The molecule has 152 valence electrons. The average molecular weight is 387 g/mol. The highest BCUT2D eigenvalue weighted by molar-refractivity contribution is 5.83. The summed E-state index contributed by atoms with van der Waals surface area (Å²) in [5, 5.41) is 16.4. The number of benzene rings is 1. The summed E-state index contributed by atoms with van der Waals surface area (Å²) >= 11 is 0. The highest BCUT2D eigenvalue weighted by Gasteiger charge is 2.20. The van der Waals surface area contributed by atoms with E-state index in [9.17, 15) is 14.7 Å². The molecule has 0 bridgehead atoms. The molecule has 0 saturated carbocycles. The van der Waals surface area contributed by atoms with Crippen LogP contribution in [0.2, 0.25) is 0 Å². The molecule has 0 fully saturated rings. The number of carboxylic acid groups (broad SMARTS) is 1. The predicted octanol–water partition coefficient (Wildman–Crippen LogP) is 2.40. The Balaban J connectivity index is 1.98. The van der Waals surface area contributed by atoms with Gasteiger partial charge in [0.05, 0.1) is 12.2 Å². The maximum Gasteiger partial charge on any atom is 0.326 e. The number of methoxy groups -OCH3 is 1. The number of nitrogens with one attached hydrogen (secondary N) is 1. The van der Waals surface area contributed by atoms with Gasteiger partial charge in [0.15, 0.2) is 0 Å². The molecule has 1 heterocycles. The van der Waals surface area contributed by atoms with E-state index >= 15 is 0 Å². The summed E-state index contributed by atoms with van der Waals surface area (Å²) in [6.07, 6.45) is 0.979. The summed E-state index contributed by atoms with van der Waals surface area (Å²) in [5.74, 6) is -1.34. The first-order valence-electron chi connectivity index (χ1n) is 9.41. The van der Waals surface area contributed by atoms with Crippen molar-refractivity contribution >= 4 is 11.9 Å². The molecule has 1 aromatic heterocycles. The number of hydrogen-bond donors (Lipinski definition) is 2. The van der Waals surface area contributed by atoms with Crippen LogP contribution < -0.4 is 5.32 Å². The first-order chi connectivity index (χ1) is 13.3. The SMILES string of the molecule is COCCC(NC(=O)CCc1c(C)nn(Cc2ccc(C)cc2)c1C)C(=O)O. The minimum Gasteiger partial charge on any atom is -0.480 e. The van der Waals surface area contributed by atoms with Gasteiger partial charge in [0, 0.05) is 32.3 Å². The van der Waals surface area contributed by atoms with Gasteiger partial charge in [0.25, 0.3) is 0 Å². The van der Waals surface area contributed by atoms with Gasteiger partial charge < -0.3 is 15.2 Å². The quantitative estimate of drug-likeness (QED) is 0.653. The smallest absolute Gasteiger partial charge is 0.326 e. The van der Waals surface area contributed by atoms with Crippen LogP contribution in [0.1, 0.15) is 40.9 Å². The Hall–Kier alpha value is -2.67. The monoisotopic (exact) mass is 387 g/mol. The normalized spacial score (nSPS) is 12.0. The molecular formula is C21H29N3O4. The molecule has 7 nitrogen and oxygen atoms in total. The Kier molecular flexibility index (Phi) is 7.75. The average Bonchev–Trinajstić information content (AvgIpc) is 2.91. The lowest BCUT2D eigenvalue weighted by Gasteiger charge is -2.14. The highest BCUT2D eigenvalue weighted by atomic mass is 16.5. The van der Waals surface area contributed by atoms with E-state index in [1.54, 1.807) is 0 Å². The zero-order valence-corrected chi connectivity index (χ0v) is 17.0. The molecular weight excluding hydrogens is 358 g/mol. The zero-order chi connectivity index (χ0) is 20.7. The lowest BCUT2D eigenvalue weighted by Crippen LogP contribution is -2.41. The van der Waals surface area contributed by atoms with Crippen LogP contribution in [0.15, 0.2) is 24.3 Å². The number of rotatable bonds is 10. The van der Waals surface area contributed by atoms with Crippen molar-refractivity contribution in [3.63, 3.8) is 0 Å². The van der Waals surface area contributed by atoms with Gasteiger partial charge >= 0.3 is 5.97 Å². The van der Waals surface area contributed by atoms with E-state index < -0.39 is 12.0 Å². The Morgan fingerprint density at radius 1 is 1.21 bits per heavy atom. The third kappa shape index (κ3) is 5.92. The molecule has 28 heavy (non-hydrogen) atoms. The maximum absolute atomic E-state index is 12.2. The highest BCUT2D eigenvalue weighted by Crippen LogP contribution is 2.17. The van der Waals surface area contributed by atoms with Crippen molar-refractivity contribution in [2.45, 2.75) is 52.6 Å². The Morgan fingerprint density at radius 2 is 1.89 bits per heavy atom. The molecule has 1 amide bonds. The van der Waals surface area contributed by atoms with Crippen molar-refractivity contribution in [3.05, 3.63) is 52.3 Å². The summed E-state index contributed by atoms with van der Waals surface area (Å²) in [6, 6.07) is 7.40. The van der Waals surface area contributed by atoms with E-state index in [-0.39, 0.29) is 25.4 Å². The number of carboxylic acids is 1. The molecule has 0 saturated heterocycles. The van der Waals surface area contributed by atoms with Gasteiger partial charge in [-0.3, -0.25) is 9.48 Å². The topological polar surface area (TPSA) is 93.5 Å². The summed E-state index contributed by atoms with van der Waals surface area (Å²) in [6.45, 7) is 6.95. The third-order valence-corrected chi connectivity index (χ3v) is 4.83. The fourth-order valence-corrected chi connectivity index (χ4v) is 3.11. The number of aryl methyl sites for hydroxylation is 2. The van der Waals surface area contributed by atoms with Crippen LogP contribution in [0, 0.1) is 20.8 Å². The standard InChI is InChI=1S/C21H29N3O4/c1-14-5-7-17(8-6-14)13-24-16(3)18(15(2)23-24)9-10-20(25)22-19(21(26)27)11-12-28-4/h5-8,19H,9-13H2,1-4H3,(H,22,25)(H,26,27). The summed E-state index contributed by atoms with van der Waals surface area (Å²) < 4.78 is 6.85. The van der Waals surface area contributed by atoms with Crippen LogP contribution in [-0.2, 0) is 27.3 Å². The number of aromatic nitrogens is 2. The minimum absolute atomic E-state index is 0.217. The van der Waals surface area contributed by atoms with Gasteiger partial charge in [-0.2, -0.15) is 5.10 Å². The molecule has 0 spiro atoms. The first-order valence-corrected chi connectivity index (χ1v) is 9.41. The molecule has 7 heteroatoms. The fraction of sp³-hybridized carbons (Fsp3) is 0.476. The van der Waals surface area contributed by atoms with Gasteiger partial charge in [-0.1, -0.05) is 29.8 Å². The van der Waals surface area contributed by atoms with Crippen LogP contribution in [0.5, 0.6) is 0 Å². The number of amides is 1. The zero-order valence-electron chi connectivity index (χ0n) is 17.0. The van der Waals surface area contributed by atoms with Crippen molar-refractivity contribution < 1.29 is 19.4 Å². The lowest BCUT2D eigenvalue weighted by molar-refractivity contribution is -0.142. The Bertz CT molecular complexity index is 812. The molecule has 1 aromatic carbocycles. The number of ether oxygens (including phenoxy) is 1. The van der Waals surface area contributed by atoms with Crippen molar-refractivity contribution in [2.75, 3.05) is 13.7 Å². The molecule has 0 aliphatic rings. The second-order valence-corrected chi connectivity index (χ2v) is 7.03. The molecule has 2 N–H and O–H groups in total. The number of hydrogen-bond acceptors (Lipinski definition) is 4. The molecule has 0 aliphatic heterocycles. The van der Waals surface area contributed by atoms with Gasteiger partial charge in [-0.25, -0.2) is 4.79 Å². The van der Waals surface area contributed by atoms with Crippen molar-refractivity contribution in [1.29, 1.82) is 0 Å². The summed E-state index contributed by atoms with van der Waals surface area (Å²) in [7, 11) is 1.50. The van der Waals surface area contributed by atoms with Crippen LogP contribution in [0.25, 0.3) is 0 Å². The van der Waals surface area contributed by atoms with E-state index in [4.69, 9.17) is 4.74 Å². The van der Waals surface area contributed by atoms with Gasteiger partial charge in [0.1, 0.15) is 6.04 Å². The van der Waals surface area contributed by atoms with Gasteiger partial charge in [-0.15, -0.1) is 0 Å². The van der Waals surface area contributed by atoms with Gasteiger partial charge in [-0.05, 0) is 38.3 Å². The molecule has 2 aromatic rings. The molecule has 0 radical (unpaired) electrons. The van der Waals surface area contributed by atoms with E-state index in [1.165, 1.54) is 18.2 Å². The van der Waals surface area contributed by atoms with Crippen molar-refractivity contribution in [2.24, 2.45) is 0 Å². The number of nitrogens with zero attached hydrogens (tertiary/aromatic N) is 2.